The van der Waals surface area contributed by atoms with E-state index >= 15 is 0 Å². The van der Waals surface area contributed by atoms with Crippen molar-refractivity contribution in [3.05, 3.63) is 42.9 Å². The van der Waals surface area contributed by atoms with Gasteiger partial charge >= 0.3 is 17.9 Å². The summed E-state index contributed by atoms with van der Waals surface area (Å²) in [5, 5.41) is 8.31. The lowest BCUT2D eigenvalue weighted by atomic mass is 10.1. The van der Waals surface area contributed by atoms with Gasteiger partial charge in [0.05, 0.1) is 12.5 Å². The van der Waals surface area contributed by atoms with Crippen LogP contribution in [0.3, 0.4) is 0 Å². The SMILES string of the molecule is CC(=O)OCC1OC(n2cnc3c(N)nc(-n4cc(-c5ccccc5)nn4)nc32)C(OC(C)=O)C1OC(C)=O. The minimum absolute atomic E-state index is 0.0561. The summed E-state index contributed by atoms with van der Waals surface area (Å²) in [6.45, 7) is 3.39. The van der Waals surface area contributed by atoms with Crippen LogP contribution in [0.5, 0.6) is 0 Å². The Morgan fingerprint density at radius 1 is 1.00 bits per heavy atom. The van der Waals surface area contributed by atoms with Crippen molar-refractivity contribution in [3.8, 4) is 17.2 Å². The summed E-state index contributed by atoms with van der Waals surface area (Å²) < 4.78 is 25.0. The van der Waals surface area contributed by atoms with Gasteiger partial charge in [-0.15, -0.1) is 5.10 Å². The normalized spacial score (nSPS) is 20.6. The summed E-state index contributed by atoms with van der Waals surface area (Å²) in [5.41, 5.74) is 8.12. The zero-order valence-electron chi connectivity index (χ0n) is 21.1. The first-order valence-electron chi connectivity index (χ1n) is 11.8. The van der Waals surface area contributed by atoms with Gasteiger partial charge in [-0.25, -0.2) is 4.98 Å². The molecule has 39 heavy (non-hydrogen) atoms. The Morgan fingerprint density at radius 3 is 2.41 bits per heavy atom. The first kappa shape index (κ1) is 25.7. The number of fused-ring (bicyclic) bond motifs is 1. The highest BCUT2D eigenvalue weighted by Gasteiger charge is 2.51. The maximum Gasteiger partial charge on any atom is 0.303 e. The van der Waals surface area contributed by atoms with Gasteiger partial charge in [0.1, 0.15) is 23.9 Å². The third-order valence-electron chi connectivity index (χ3n) is 5.82. The van der Waals surface area contributed by atoms with Gasteiger partial charge in [0.15, 0.2) is 29.9 Å². The van der Waals surface area contributed by atoms with Crippen LogP contribution in [0.2, 0.25) is 0 Å². The zero-order valence-corrected chi connectivity index (χ0v) is 21.1. The Morgan fingerprint density at radius 2 is 1.72 bits per heavy atom. The second-order valence-corrected chi connectivity index (χ2v) is 8.66. The highest BCUT2D eigenvalue weighted by molar-refractivity contribution is 5.82. The molecule has 15 heteroatoms. The average Bonchev–Trinajstić information content (AvgIpc) is 3.61. The number of rotatable bonds is 7. The molecule has 1 aliphatic heterocycles. The van der Waals surface area contributed by atoms with E-state index in [2.05, 4.69) is 25.3 Å². The van der Waals surface area contributed by atoms with Gasteiger partial charge < -0.3 is 24.7 Å². The van der Waals surface area contributed by atoms with Crippen LogP contribution in [-0.2, 0) is 33.3 Å². The number of carbonyl (C=O) groups is 3. The number of anilines is 1. The molecule has 0 bridgehead atoms. The van der Waals surface area contributed by atoms with Crippen LogP contribution in [0.15, 0.2) is 42.9 Å². The van der Waals surface area contributed by atoms with Crippen LogP contribution in [0, 0.1) is 0 Å². The van der Waals surface area contributed by atoms with Crippen LogP contribution in [-0.4, -0.2) is 77.3 Å². The van der Waals surface area contributed by atoms with Gasteiger partial charge in [-0.3, -0.25) is 19.0 Å². The molecule has 2 N–H and O–H groups in total. The van der Waals surface area contributed by atoms with E-state index in [1.54, 1.807) is 6.20 Å². The van der Waals surface area contributed by atoms with Crippen molar-refractivity contribution in [2.75, 3.05) is 12.3 Å². The molecule has 202 valence electrons. The van der Waals surface area contributed by atoms with Crippen molar-refractivity contribution in [2.45, 2.75) is 45.3 Å². The molecule has 1 aliphatic rings. The lowest BCUT2D eigenvalue weighted by molar-refractivity contribution is -0.166. The maximum atomic E-state index is 12.0. The number of benzene rings is 1. The third-order valence-corrected chi connectivity index (χ3v) is 5.82. The van der Waals surface area contributed by atoms with Crippen molar-refractivity contribution in [3.63, 3.8) is 0 Å². The number of ether oxygens (including phenoxy) is 4. The summed E-state index contributed by atoms with van der Waals surface area (Å²) in [6, 6.07) is 9.43. The van der Waals surface area contributed by atoms with Crippen molar-refractivity contribution in [1.29, 1.82) is 0 Å². The number of esters is 3. The van der Waals surface area contributed by atoms with Crippen LogP contribution >= 0.6 is 0 Å². The second-order valence-electron chi connectivity index (χ2n) is 8.66. The molecule has 5 rings (SSSR count). The Bertz CT molecular complexity index is 1540. The smallest absolute Gasteiger partial charge is 0.303 e. The minimum Gasteiger partial charge on any atom is -0.463 e. The topological polar surface area (TPSA) is 188 Å². The van der Waals surface area contributed by atoms with Crippen molar-refractivity contribution in [1.82, 2.24) is 34.5 Å². The van der Waals surface area contributed by atoms with E-state index < -0.39 is 42.4 Å². The molecule has 0 aliphatic carbocycles. The standard InChI is InChI=1S/C24H24N8O7/c1-12(33)36-10-17-19(37-13(2)34)20(38-14(3)35)23(39-17)31-11-26-18-21(25)27-24(28-22(18)31)32-9-16(29-30-32)15-7-5-4-6-8-15/h4-9,11,17,19-20,23H,10H2,1-3H3,(H2,25,27,28). The highest BCUT2D eigenvalue weighted by atomic mass is 16.7. The van der Waals surface area contributed by atoms with Gasteiger partial charge in [-0.2, -0.15) is 14.6 Å². The summed E-state index contributed by atoms with van der Waals surface area (Å²) in [6.07, 6.45) is -1.20. The van der Waals surface area contributed by atoms with E-state index in [1.165, 1.54) is 36.3 Å². The Hall–Kier alpha value is -4.92. The molecule has 0 amide bonds. The number of aromatic nitrogens is 7. The zero-order chi connectivity index (χ0) is 27.7. The lowest BCUT2D eigenvalue weighted by Gasteiger charge is -2.23. The molecule has 4 unspecified atom stereocenters. The summed E-state index contributed by atoms with van der Waals surface area (Å²) in [4.78, 5) is 48.5. The van der Waals surface area contributed by atoms with E-state index in [4.69, 9.17) is 24.7 Å². The predicted octanol–water partition coefficient (Wildman–Crippen LogP) is 0.980. The van der Waals surface area contributed by atoms with Gasteiger partial charge in [0, 0.05) is 26.3 Å². The number of nitrogens with zero attached hydrogens (tertiary/aromatic N) is 7. The molecule has 0 radical (unpaired) electrons. The molecular weight excluding hydrogens is 512 g/mol. The van der Waals surface area contributed by atoms with Gasteiger partial charge in [-0.05, 0) is 0 Å². The molecule has 1 saturated heterocycles. The molecular formula is C24H24N8O7. The predicted molar refractivity (Wildman–Crippen MR) is 132 cm³/mol. The number of carbonyl (C=O) groups excluding carboxylic acids is 3. The van der Waals surface area contributed by atoms with E-state index in [-0.39, 0.29) is 29.5 Å². The van der Waals surface area contributed by atoms with E-state index in [9.17, 15) is 14.4 Å². The molecule has 1 fully saturated rings. The van der Waals surface area contributed by atoms with E-state index in [0.29, 0.717) is 5.69 Å². The van der Waals surface area contributed by atoms with Crippen LogP contribution in [0.4, 0.5) is 5.82 Å². The molecule has 4 heterocycles. The fraction of sp³-hybridized carbons (Fsp3) is 0.333. The monoisotopic (exact) mass is 536 g/mol. The first-order valence-corrected chi connectivity index (χ1v) is 11.8. The fourth-order valence-electron chi connectivity index (χ4n) is 4.23. The van der Waals surface area contributed by atoms with Gasteiger partial charge in [0.25, 0.3) is 5.95 Å². The van der Waals surface area contributed by atoms with E-state index in [0.717, 1.165) is 5.56 Å². The van der Waals surface area contributed by atoms with Crippen LogP contribution in [0.1, 0.15) is 27.0 Å². The number of imidazole rings is 1. The Kier molecular flexibility index (Phi) is 6.89. The molecule has 0 spiro atoms. The van der Waals surface area contributed by atoms with Crippen molar-refractivity contribution >= 4 is 34.9 Å². The fourth-order valence-corrected chi connectivity index (χ4v) is 4.23. The number of nitrogen functional groups attached to an aromatic ring is 1. The summed E-state index contributed by atoms with van der Waals surface area (Å²) >= 11 is 0. The van der Waals surface area contributed by atoms with E-state index in [1.807, 2.05) is 30.3 Å². The number of hydrogen-bond acceptors (Lipinski definition) is 13. The number of hydrogen-bond donors (Lipinski definition) is 1. The summed E-state index contributed by atoms with van der Waals surface area (Å²) in [5.74, 6) is -1.69. The number of nitrogens with two attached hydrogens (primary N) is 1. The molecule has 4 atom stereocenters. The van der Waals surface area contributed by atoms with Crippen molar-refractivity contribution in [2.24, 2.45) is 0 Å². The van der Waals surface area contributed by atoms with Gasteiger partial charge in [-0.1, -0.05) is 35.5 Å². The largest absolute Gasteiger partial charge is 0.463 e. The molecule has 0 saturated carbocycles. The maximum absolute atomic E-state index is 12.0. The minimum atomic E-state index is -1.12. The van der Waals surface area contributed by atoms with Crippen LogP contribution < -0.4 is 5.73 Å². The summed E-state index contributed by atoms with van der Waals surface area (Å²) in [7, 11) is 0. The average molecular weight is 537 g/mol. The quantitative estimate of drug-likeness (QED) is 0.260. The van der Waals surface area contributed by atoms with Gasteiger partial charge in [0.2, 0.25) is 0 Å². The Balaban J connectivity index is 1.55. The second kappa shape index (κ2) is 10.4. The highest BCUT2D eigenvalue weighted by Crippen LogP contribution is 2.36. The molecule has 15 nitrogen and oxygen atoms in total. The van der Waals surface area contributed by atoms with Crippen LogP contribution in [0.25, 0.3) is 28.4 Å². The Labute approximate surface area is 220 Å². The molecule has 3 aromatic heterocycles. The lowest BCUT2D eigenvalue weighted by Crippen LogP contribution is -2.40. The molecule has 1 aromatic carbocycles. The third kappa shape index (κ3) is 5.24. The van der Waals surface area contributed by atoms with Crippen molar-refractivity contribution < 1.29 is 33.3 Å². The molecule has 4 aromatic rings. The first-order chi connectivity index (χ1) is 18.7.